The second-order valence-electron chi connectivity index (χ2n) is 4.53. The molecule has 2 N–H and O–H groups in total. The minimum atomic E-state index is -0.357. The van der Waals surface area contributed by atoms with E-state index in [-0.39, 0.29) is 24.8 Å². The molecule has 0 spiro atoms. The Kier molecular flexibility index (Phi) is 2.80. The minimum absolute atomic E-state index is 0.171. The number of anilines is 1. The molecule has 4 heteroatoms. The molecule has 1 amide bonds. The van der Waals surface area contributed by atoms with Crippen molar-refractivity contribution in [3.63, 3.8) is 0 Å². The summed E-state index contributed by atoms with van der Waals surface area (Å²) in [6.07, 6.45) is 0. The van der Waals surface area contributed by atoms with Gasteiger partial charge >= 0.3 is 0 Å². The Labute approximate surface area is 110 Å². The molecule has 1 aliphatic rings. The number of rotatable bonds is 2. The summed E-state index contributed by atoms with van der Waals surface area (Å²) in [5.74, 6) is -0.528. The summed E-state index contributed by atoms with van der Waals surface area (Å²) in [5.41, 5.74) is 7.80. The fraction of sp³-hybridized carbons (Fsp3) is 0.133. The molecule has 0 aliphatic carbocycles. The average Bonchev–Trinajstić information content (AvgIpc) is 2.78. The van der Waals surface area contributed by atoms with Crippen LogP contribution in [0.1, 0.15) is 21.5 Å². The molecule has 0 fully saturated rings. The number of nitrogens with zero attached hydrogens (tertiary/aromatic N) is 1. The lowest BCUT2D eigenvalue weighted by Gasteiger charge is -2.15. The van der Waals surface area contributed by atoms with Crippen molar-refractivity contribution in [3.8, 4) is 0 Å². The van der Waals surface area contributed by atoms with Crippen LogP contribution in [0.5, 0.6) is 0 Å². The van der Waals surface area contributed by atoms with Gasteiger partial charge in [0, 0.05) is 23.4 Å². The van der Waals surface area contributed by atoms with Crippen LogP contribution in [0.4, 0.5) is 10.1 Å². The van der Waals surface area contributed by atoms with Gasteiger partial charge in [0.2, 0.25) is 0 Å². The molecule has 0 aromatic heterocycles. The molecule has 0 atom stereocenters. The smallest absolute Gasteiger partial charge is 0.259 e. The zero-order chi connectivity index (χ0) is 13.4. The van der Waals surface area contributed by atoms with Gasteiger partial charge in [-0.15, -0.1) is 0 Å². The van der Waals surface area contributed by atoms with Crippen LogP contribution in [0.25, 0.3) is 0 Å². The lowest BCUT2D eigenvalue weighted by atomic mass is 10.1. The van der Waals surface area contributed by atoms with Crippen molar-refractivity contribution in [3.05, 3.63) is 65.0 Å². The second kappa shape index (κ2) is 4.48. The fourth-order valence-corrected chi connectivity index (χ4v) is 2.35. The van der Waals surface area contributed by atoms with E-state index in [9.17, 15) is 9.18 Å². The van der Waals surface area contributed by atoms with E-state index in [2.05, 4.69) is 0 Å². The maximum absolute atomic E-state index is 14.0. The molecule has 2 aromatic rings. The Balaban J connectivity index is 2.05. The molecule has 0 saturated heterocycles. The Morgan fingerprint density at radius 1 is 1.21 bits per heavy atom. The molecule has 0 radical (unpaired) electrons. The summed E-state index contributed by atoms with van der Waals surface area (Å²) >= 11 is 0. The fourth-order valence-electron chi connectivity index (χ4n) is 2.35. The molecule has 0 unspecified atom stereocenters. The van der Waals surface area contributed by atoms with Crippen molar-refractivity contribution in [1.29, 1.82) is 0 Å². The molecule has 0 saturated carbocycles. The number of benzene rings is 2. The SMILES string of the molecule is NCc1cc(F)c2c(c1)C(=O)N(c1ccccc1)C2. The Morgan fingerprint density at radius 2 is 1.95 bits per heavy atom. The van der Waals surface area contributed by atoms with Gasteiger partial charge in [-0.05, 0) is 29.8 Å². The number of carbonyl (C=O) groups excluding carboxylic acids is 1. The van der Waals surface area contributed by atoms with Crippen LogP contribution in [-0.2, 0) is 13.1 Å². The number of amides is 1. The first-order valence-electron chi connectivity index (χ1n) is 6.09. The number of hydrogen-bond acceptors (Lipinski definition) is 2. The highest BCUT2D eigenvalue weighted by molar-refractivity contribution is 6.10. The van der Waals surface area contributed by atoms with Crippen molar-refractivity contribution in [2.24, 2.45) is 5.73 Å². The van der Waals surface area contributed by atoms with Crippen LogP contribution >= 0.6 is 0 Å². The molecular formula is C15H13FN2O. The van der Waals surface area contributed by atoms with Crippen molar-refractivity contribution in [2.75, 3.05) is 4.90 Å². The number of nitrogens with two attached hydrogens (primary N) is 1. The molecule has 1 heterocycles. The number of hydrogen-bond donors (Lipinski definition) is 1. The van der Waals surface area contributed by atoms with Gasteiger partial charge in [0.25, 0.3) is 5.91 Å². The summed E-state index contributed by atoms with van der Waals surface area (Å²) in [5, 5.41) is 0. The molecular weight excluding hydrogens is 243 g/mol. The zero-order valence-corrected chi connectivity index (χ0v) is 10.3. The van der Waals surface area contributed by atoms with Crippen LogP contribution in [0.2, 0.25) is 0 Å². The number of carbonyl (C=O) groups is 1. The highest BCUT2D eigenvalue weighted by Crippen LogP contribution is 2.30. The lowest BCUT2D eigenvalue weighted by molar-refractivity contribution is 0.0996. The summed E-state index contributed by atoms with van der Waals surface area (Å²) in [6.45, 7) is 0.498. The molecule has 1 aliphatic heterocycles. The Hall–Kier alpha value is -2.20. The van der Waals surface area contributed by atoms with Gasteiger partial charge in [-0.1, -0.05) is 18.2 Å². The zero-order valence-electron chi connectivity index (χ0n) is 10.3. The topological polar surface area (TPSA) is 46.3 Å². The number of para-hydroxylation sites is 1. The van der Waals surface area contributed by atoms with Crippen LogP contribution in [0.3, 0.4) is 0 Å². The molecule has 2 aromatic carbocycles. The van der Waals surface area contributed by atoms with E-state index < -0.39 is 0 Å². The largest absolute Gasteiger partial charge is 0.326 e. The first-order valence-corrected chi connectivity index (χ1v) is 6.09. The lowest BCUT2D eigenvalue weighted by Crippen LogP contribution is -2.22. The monoisotopic (exact) mass is 256 g/mol. The van der Waals surface area contributed by atoms with Crippen molar-refractivity contribution in [1.82, 2.24) is 0 Å². The molecule has 19 heavy (non-hydrogen) atoms. The van der Waals surface area contributed by atoms with E-state index in [1.54, 1.807) is 11.0 Å². The maximum Gasteiger partial charge on any atom is 0.259 e. The van der Waals surface area contributed by atoms with Gasteiger partial charge < -0.3 is 10.6 Å². The highest BCUT2D eigenvalue weighted by Gasteiger charge is 2.31. The van der Waals surface area contributed by atoms with Crippen LogP contribution in [-0.4, -0.2) is 5.91 Å². The summed E-state index contributed by atoms with van der Waals surface area (Å²) in [4.78, 5) is 13.9. The number of fused-ring (bicyclic) bond motifs is 1. The third kappa shape index (κ3) is 1.90. The molecule has 96 valence electrons. The minimum Gasteiger partial charge on any atom is -0.326 e. The standard InChI is InChI=1S/C15H13FN2O/c16-14-7-10(8-17)6-12-13(14)9-18(15(12)19)11-4-2-1-3-5-11/h1-7H,8-9,17H2. The summed E-state index contributed by atoms with van der Waals surface area (Å²) in [6, 6.07) is 12.4. The molecule has 3 nitrogen and oxygen atoms in total. The van der Waals surface area contributed by atoms with Crippen molar-refractivity contribution >= 4 is 11.6 Å². The van der Waals surface area contributed by atoms with Gasteiger partial charge in [-0.3, -0.25) is 4.79 Å². The van der Waals surface area contributed by atoms with Crippen LogP contribution in [0.15, 0.2) is 42.5 Å². The quantitative estimate of drug-likeness (QED) is 0.897. The summed E-state index contributed by atoms with van der Waals surface area (Å²) in [7, 11) is 0. The van der Waals surface area contributed by atoms with E-state index >= 15 is 0 Å². The first kappa shape index (κ1) is 11.9. The van der Waals surface area contributed by atoms with E-state index in [0.29, 0.717) is 16.7 Å². The van der Waals surface area contributed by atoms with Crippen molar-refractivity contribution in [2.45, 2.75) is 13.1 Å². The van der Waals surface area contributed by atoms with Gasteiger partial charge in [0.1, 0.15) is 5.82 Å². The predicted octanol–water partition coefficient (Wildman–Crippen LogP) is 2.44. The van der Waals surface area contributed by atoms with E-state index in [1.807, 2.05) is 30.3 Å². The second-order valence-corrected chi connectivity index (χ2v) is 4.53. The predicted molar refractivity (Wildman–Crippen MR) is 71.2 cm³/mol. The van der Waals surface area contributed by atoms with Crippen molar-refractivity contribution < 1.29 is 9.18 Å². The normalized spacial score (nSPS) is 13.8. The number of halogens is 1. The first-order chi connectivity index (χ1) is 9.20. The van der Waals surface area contributed by atoms with Crippen LogP contribution in [0, 0.1) is 5.82 Å². The van der Waals surface area contributed by atoms with E-state index in [4.69, 9.17) is 5.73 Å². The highest BCUT2D eigenvalue weighted by atomic mass is 19.1. The van der Waals surface area contributed by atoms with E-state index in [1.165, 1.54) is 6.07 Å². The van der Waals surface area contributed by atoms with Gasteiger partial charge in [0.05, 0.1) is 6.54 Å². The third-order valence-electron chi connectivity index (χ3n) is 3.35. The van der Waals surface area contributed by atoms with E-state index in [0.717, 1.165) is 5.69 Å². The van der Waals surface area contributed by atoms with Gasteiger partial charge in [0.15, 0.2) is 0 Å². The Morgan fingerprint density at radius 3 is 2.63 bits per heavy atom. The van der Waals surface area contributed by atoms with Gasteiger partial charge in [-0.2, -0.15) is 0 Å². The van der Waals surface area contributed by atoms with Crippen LogP contribution < -0.4 is 10.6 Å². The average molecular weight is 256 g/mol. The summed E-state index contributed by atoms with van der Waals surface area (Å²) < 4.78 is 14.0. The molecule has 3 rings (SSSR count). The molecule has 0 bridgehead atoms. The third-order valence-corrected chi connectivity index (χ3v) is 3.35. The van der Waals surface area contributed by atoms with Gasteiger partial charge in [-0.25, -0.2) is 4.39 Å². The Bertz CT molecular complexity index is 640. The maximum atomic E-state index is 14.0.